The summed E-state index contributed by atoms with van der Waals surface area (Å²) in [4.78, 5) is 22.1. The van der Waals surface area contributed by atoms with Gasteiger partial charge in [0.25, 0.3) is 0 Å². The third kappa shape index (κ3) is 5.55. The maximum Gasteiger partial charge on any atom is 0.313 e. The molecule has 88 valence electrons. The summed E-state index contributed by atoms with van der Waals surface area (Å²) in [5.41, 5.74) is -0.0966. The number of esters is 1. The van der Waals surface area contributed by atoms with Gasteiger partial charge < -0.3 is 4.74 Å². The summed E-state index contributed by atoms with van der Waals surface area (Å²) in [6.45, 7) is 11.5. The highest BCUT2D eigenvalue weighted by atomic mass is 16.5. The van der Waals surface area contributed by atoms with Gasteiger partial charge in [0.15, 0.2) is 0 Å². The molecular formula is C12H22O3. The van der Waals surface area contributed by atoms with E-state index in [4.69, 9.17) is 4.74 Å². The van der Waals surface area contributed by atoms with Crippen molar-refractivity contribution < 1.29 is 14.3 Å². The monoisotopic (exact) mass is 214 g/mol. The molecule has 0 aromatic heterocycles. The van der Waals surface area contributed by atoms with Gasteiger partial charge in [-0.15, -0.1) is 0 Å². The molecular weight excluding hydrogens is 192 g/mol. The Morgan fingerprint density at radius 1 is 1.20 bits per heavy atom. The molecule has 0 fully saturated rings. The Hall–Kier alpha value is -0.860. The summed E-state index contributed by atoms with van der Waals surface area (Å²) in [6.07, 6.45) is -0.274. The number of carbonyl (C=O) groups excluding carboxylic acids is 2. The van der Waals surface area contributed by atoms with Crippen LogP contribution in [0.2, 0.25) is 0 Å². The van der Waals surface area contributed by atoms with Crippen molar-refractivity contribution in [1.29, 1.82) is 0 Å². The largest absolute Gasteiger partial charge is 0.461 e. The molecule has 0 spiro atoms. The van der Waals surface area contributed by atoms with E-state index in [1.165, 1.54) is 6.92 Å². The SMILES string of the molecule is CC(=O)CC(=O)OC(C(C)C)C(C)(C)C. The topological polar surface area (TPSA) is 43.4 Å². The molecule has 0 aliphatic rings. The molecule has 1 unspecified atom stereocenters. The van der Waals surface area contributed by atoms with E-state index in [1.807, 2.05) is 34.6 Å². The van der Waals surface area contributed by atoms with Crippen molar-refractivity contribution in [3.8, 4) is 0 Å². The zero-order valence-corrected chi connectivity index (χ0v) is 10.6. The van der Waals surface area contributed by atoms with Gasteiger partial charge in [-0.3, -0.25) is 9.59 Å². The quantitative estimate of drug-likeness (QED) is 0.533. The van der Waals surface area contributed by atoms with E-state index in [9.17, 15) is 9.59 Å². The van der Waals surface area contributed by atoms with Crippen LogP contribution in [-0.4, -0.2) is 17.9 Å². The lowest BCUT2D eigenvalue weighted by Gasteiger charge is -2.33. The van der Waals surface area contributed by atoms with Gasteiger partial charge >= 0.3 is 5.97 Å². The summed E-state index contributed by atoms with van der Waals surface area (Å²) in [6, 6.07) is 0. The molecule has 15 heavy (non-hydrogen) atoms. The summed E-state index contributed by atoms with van der Waals surface area (Å²) in [5, 5.41) is 0. The van der Waals surface area contributed by atoms with Crippen LogP contribution in [0, 0.1) is 11.3 Å². The third-order valence-corrected chi connectivity index (χ3v) is 2.11. The Kier molecular flexibility index (Phi) is 4.98. The molecule has 0 saturated heterocycles. The Morgan fingerprint density at radius 2 is 1.67 bits per heavy atom. The second-order valence-electron chi connectivity index (χ2n) is 5.40. The van der Waals surface area contributed by atoms with Gasteiger partial charge in [0.05, 0.1) is 0 Å². The van der Waals surface area contributed by atoms with Crippen molar-refractivity contribution in [2.24, 2.45) is 11.3 Å². The van der Waals surface area contributed by atoms with Crippen LogP contribution in [0.1, 0.15) is 48.0 Å². The van der Waals surface area contributed by atoms with Gasteiger partial charge in [0.2, 0.25) is 0 Å². The van der Waals surface area contributed by atoms with Gasteiger partial charge in [0.1, 0.15) is 18.3 Å². The highest BCUT2D eigenvalue weighted by molar-refractivity contribution is 5.94. The molecule has 0 rings (SSSR count). The summed E-state index contributed by atoms with van der Waals surface area (Å²) in [5.74, 6) is -0.326. The molecule has 0 bridgehead atoms. The summed E-state index contributed by atoms with van der Waals surface area (Å²) >= 11 is 0. The van der Waals surface area contributed by atoms with Crippen LogP contribution in [0.5, 0.6) is 0 Å². The van der Waals surface area contributed by atoms with Crippen LogP contribution in [0.15, 0.2) is 0 Å². The number of rotatable bonds is 4. The normalized spacial score (nSPS) is 13.8. The molecule has 0 saturated carbocycles. The van der Waals surface area contributed by atoms with Gasteiger partial charge in [0, 0.05) is 0 Å². The Bertz CT molecular complexity index is 236. The number of hydrogen-bond acceptors (Lipinski definition) is 3. The summed E-state index contributed by atoms with van der Waals surface area (Å²) < 4.78 is 5.33. The molecule has 3 nitrogen and oxygen atoms in total. The van der Waals surface area contributed by atoms with E-state index in [0.717, 1.165) is 0 Å². The van der Waals surface area contributed by atoms with Crippen LogP contribution >= 0.6 is 0 Å². The molecule has 0 aliphatic heterocycles. The predicted octanol–water partition coefficient (Wildman–Crippen LogP) is 2.58. The summed E-state index contributed by atoms with van der Waals surface area (Å²) in [7, 11) is 0. The zero-order chi connectivity index (χ0) is 12.2. The fourth-order valence-corrected chi connectivity index (χ4v) is 1.70. The van der Waals surface area contributed by atoms with Gasteiger partial charge in [-0.25, -0.2) is 0 Å². The van der Waals surface area contributed by atoms with Crippen molar-refractivity contribution >= 4 is 11.8 Å². The molecule has 0 aromatic rings. The highest BCUT2D eigenvalue weighted by Crippen LogP contribution is 2.28. The van der Waals surface area contributed by atoms with Gasteiger partial charge in [-0.2, -0.15) is 0 Å². The van der Waals surface area contributed by atoms with Crippen molar-refractivity contribution in [3.63, 3.8) is 0 Å². The van der Waals surface area contributed by atoms with Crippen molar-refractivity contribution in [3.05, 3.63) is 0 Å². The molecule has 0 N–H and O–H groups in total. The van der Waals surface area contributed by atoms with Gasteiger partial charge in [-0.05, 0) is 18.3 Å². The van der Waals surface area contributed by atoms with Gasteiger partial charge in [-0.1, -0.05) is 34.6 Å². The Morgan fingerprint density at radius 3 is 1.93 bits per heavy atom. The first kappa shape index (κ1) is 14.1. The Balaban J connectivity index is 4.43. The van der Waals surface area contributed by atoms with E-state index < -0.39 is 5.97 Å². The maximum atomic E-state index is 11.4. The van der Waals surface area contributed by atoms with Crippen LogP contribution in [0.3, 0.4) is 0 Å². The van der Waals surface area contributed by atoms with E-state index in [1.54, 1.807) is 0 Å². The fraction of sp³-hybridized carbons (Fsp3) is 0.833. The second kappa shape index (κ2) is 5.29. The molecule has 1 atom stereocenters. The Labute approximate surface area is 92.2 Å². The minimum atomic E-state index is -0.420. The molecule has 0 aromatic carbocycles. The highest BCUT2D eigenvalue weighted by Gasteiger charge is 2.31. The van der Waals surface area contributed by atoms with Crippen molar-refractivity contribution in [2.75, 3.05) is 0 Å². The molecule has 3 heteroatoms. The first-order valence-corrected chi connectivity index (χ1v) is 5.33. The van der Waals surface area contributed by atoms with E-state index in [0.29, 0.717) is 0 Å². The first-order valence-electron chi connectivity index (χ1n) is 5.33. The number of ether oxygens (including phenoxy) is 1. The standard InChI is InChI=1S/C12H22O3/c1-8(2)11(12(4,5)6)15-10(14)7-9(3)13/h8,11H,7H2,1-6H3. The number of Topliss-reactive ketones (excluding diaryl/α,β-unsaturated/α-hetero) is 1. The molecule has 0 heterocycles. The molecule has 0 radical (unpaired) electrons. The lowest BCUT2D eigenvalue weighted by Crippen LogP contribution is -2.36. The maximum absolute atomic E-state index is 11.4. The van der Waals surface area contributed by atoms with Crippen molar-refractivity contribution in [1.82, 2.24) is 0 Å². The van der Waals surface area contributed by atoms with Crippen molar-refractivity contribution in [2.45, 2.75) is 54.1 Å². The number of ketones is 1. The predicted molar refractivity (Wildman–Crippen MR) is 59.5 cm³/mol. The molecule has 0 aliphatic carbocycles. The van der Waals surface area contributed by atoms with Crippen LogP contribution in [-0.2, 0) is 14.3 Å². The first-order chi connectivity index (χ1) is 6.64. The van der Waals surface area contributed by atoms with Crippen LogP contribution in [0.4, 0.5) is 0 Å². The van der Waals surface area contributed by atoms with E-state index >= 15 is 0 Å². The zero-order valence-electron chi connectivity index (χ0n) is 10.6. The third-order valence-electron chi connectivity index (χ3n) is 2.11. The smallest absolute Gasteiger partial charge is 0.313 e. The van der Waals surface area contributed by atoms with E-state index in [-0.39, 0.29) is 29.6 Å². The van der Waals surface area contributed by atoms with E-state index in [2.05, 4.69) is 0 Å². The average molecular weight is 214 g/mol. The lowest BCUT2D eigenvalue weighted by atomic mass is 9.82. The minimum absolute atomic E-state index is 0.0966. The van der Waals surface area contributed by atoms with Crippen LogP contribution < -0.4 is 0 Å². The molecule has 0 amide bonds. The number of hydrogen-bond donors (Lipinski definition) is 0. The minimum Gasteiger partial charge on any atom is -0.461 e. The number of carbonyl (C=O) groups is 2. The second-order valence-corrected chi connectivity index (χ2v) is 5.40. The van der Waals surface area contributed by atoms with Crippen LogP contribution in [0.25, 0.3) is 0 Å². The fourth-order valence-electron chi connectivity index (χ4n) is 1.70. The lowest BCUT2D eigenvalue weighted by molar-refractivity contribution is -0.159. The average Bonchev–Trinajstić information content (AvgIpc) is 1.95.